The molecule has 2 saturated heterocycles. The van der Waals surface area contributed by atoms with Crippen molar-refractivity contribution < 1.29 is 13.2 Å². The van der Waals surface area contributed by atoms with E-state index in [2.05, 4.69) is 20.2 Å². The summed E-state index contributed by atoms with van der Waals surface area (Å²) in [6.45, 7) is 3.54. The Kier molecular flexibility index (Phi) is 5.98. The van der Waals surface area contributed by atoms with Gasteiger partial charge in [-0.25, -0.2) is 17.7 Å². The molecule has 2 atom stereocenters. The minimum absolute atomic E-state index is 0.0932. The van der Waals surface area contributed by atoms with Gasteiger partial charge in [-0.2, -0.15) is 0 Å². The van der Waals surface area contributed by atoms with E-state index in [0.717, 1.165) is 38.4 Å². The molecule has 0 amide bonds. The highest BCUT2D eigenvalue weighted by atomic mass is 32.2. The SMILES string of the molecule is CN=C(NCC1CCN(S(C)(=O)=O)C1)N1CCC(Oc2ccccn2)C1. The predicted molar refractivity (Wildman–Crippen MR) is 101 cm³/mol. The van der Waals surface area contributed by atoms with E-state index in [1.165, 1.54) is 6.26 Å². The molecule has 8 nitrogen and oxygen atoms in total. The van der Waals surface area contributed by atoms with Crippen LogP contribution in [0.3, 0.4) is 0 Å². The average molecular weight is 382 g/mol. The van der Waals surface area contributed by atoms with Gasteiger partial charge in [0, 0.05) is 51.9 Å². The first-order valence-corrected chi connectivity index (χ1v) is 10.8. The second-order valence-electron chi connectivity index (χ2n) is 6.85. The van der Waals surface area contributed by atoms with Crippen LogP contribution in [0.5, 0.6) is 5.88 Å². The zero-order valence-corrected chi connectivity index (χ0v) is 16.2. The number of aromatic nitrogens is 1. The van der Waals surface area contributed by atoms with Crippen molar-refractivity contribution in [2.24, 2.45) is 10.9 Å². The number of nitrogens with zero attached hydrogens (tertiary/aromatic N) is 4. The van der Waals surface area contributed by atoms with Crippen molar-refractivity contribution in [1.82, 2.24) is 19.5 Å². The van der Waals surface area contributed by atoms with Crippen LogP contribution >= 0.6 is 0 Å². The molecule has 2 aliphatic heterocycles. The number of aliphatic imine (C=N–C) groups is 1. The van der Waals surface area contributed by atoms with Crippen LogP contribution < -0.4 is 10.1 Å². The monoisotopic (exact) mass is 381 g/mol. The van der Waals surface area contributed by atoms with Crippen LogP contribution in [0, 0.1) is 5.92 Å². The molecule has 9 heteroatoms. The van der Waals surface area contributed by atoms with Crippen molar-refractivity contribution in [3.8, 4) is 5.88 Å². The van der Waals surface area contributed by atoms with Crippen LogP contribution in [0.15, 0.2) is 29.4 Å². The van der Waals surface area contributed by atoms with Crippen LogP contribution in [0.25, 0.3) is 0 Å². The van der Waals surface area contributed by atoms with E-state index < -0.39 is 10.0 Å². The molecule has 0 aliphatic carbocycles. The van der Waals surface area contributed by atoms with Gasteiger partial charge in [0.25, 0.3) is 0 Å². The van der Waals surface area contributed by atoms with Gasteiger partial charge in [-0.05, 0) is 18.4 Å². The highest BCUT2D eigenvalue weighted by molar-refractivity contribution is 7.88. The molecule has 0 radical (unpaired) electrons. The molecule has 1 aromatic rings. The standard InChI is InChI=1S/C17H27N5O3S/c1-18-17(20-11-14-6-10-22(12-14)26(2,23)24)21-9-7-15(13-21)25-16-5-3-4-8-19-16/h3-5,8,14-15H,6-7,9-13H2,1-2H3,(H,18,20). The fraction of sp³-hybridized carbons (Fsp3) is 0.647. The van der Waals surface area contributed by atoms with Gasteiger partial charge in [0.2, 0.25) is 15.9 Å². The maximum Gasteiger partial charge on any atom is 0.213 e. The highest BCUT2D eigenvalue weighted by Gasteiger charge is 2.30. The Bertz CT molecular complexity index is 725. The summed E-state index contributed by atoms with van der Waals surface area (Å²) in [5.41, 5.74) is 0. The molecular weight excluding hydrogens is 354 g/mol. The molecule has 1 aromatic heterocycles. The second-order valence-corrected chi connectivity index (χ2v) is 8.83. The molecule has 144 valence electrons. The minimum Gasteiger partial charge on any atom is -0.472 e. The number of hydrogen-bond acceptors (Lipinski definition) is 5. The van der Waals surface area contributed by atoms with Crippen molar-refractivity contribution >= 4 is 16.0 Å². The largest absolute Gasteiger partial charge is 0.472 e. The zero-order chi connectivity index (χ0) is 18.6. The number of rotatable bonds is 5. The van der Waals surface area contributed by atoms with Crippen LogP contribution in [0.4, 0.5) is 0 Å². The number of likely N-dealkylation sites (tertiary alicyclic amines) is 1. The molecule has 0 spiro atoms. The third-order valence-corrected chi connectivity index (χ3v) is 6.12. The van der Waals surface area contributed by atoms with Crippen molar-refractivity contribution in [2.75, 3.05) is 46.0 Å². The first-order chi connectivity index (χ1) is 12.5. The number of pyridine rings is 1. The maximum atomic E-state index is 11.6. The maximum absolute atomic E-state index is 11.6. The summed E-state index contributed by atoms with van der Waals surface area (Å²) in [4.78, 5) is 10.8. The summed E-state index contributed by atoms with van der Waals surface area (Å²) in [6, 6.07) is 5.65. The Morgan fingerprint density at radius 3 is 2.85 bits per heavy atom. The molecule has 2 fully saturated rings. The lowest BCUT2D eigenvalue weighted by molar-refractivity contribution is 0.205. The van der Waals surface area contributed by atoms with E-state index in [1.807, 2.05) is 18.2 Å². The molecular formula is C17H27N5O3S. The van der Waals surface area contributed by atoms with Crippen molar-refractivity contribution in [2.45, 2.75) is 18.9 Å². The quantitative estimate of drug-likeness (QED) is 0.587. The molecule has 26 heavy (non-hydrogen) atoms. The summed E-state index contributed by atoms with van der Waals surface area (Å²) >= 11 is 0. The fourth-order valence-electron chi connectivity index (χ4n) is 3.44. The van der Waals surface area contributed by atoms with E-state index in [1.54, 1.807) is 17.5 Å². The molecule has 3 rings (SSSR count). The third-order valence-electron chi connectivity index (χ3n) is 4.85. The minimum atomic E-state index is -3.09. The van der Waals surface area contributed by atoms with E-state index in [4.69, 9.17) is 4.74 Å². The molecule has 0 aromatic carbocycles. The van der Waals surface area contributed by atoms with Gasteiger partial charge in [0.1, 0.15) is 6.10 Å². The number of nitrogens with one attached hydrogen (secondary N) is 1. The number of hydrogen-bond donors (Lipinski definition) is 1. The number of guanidine groups is 1. The Morgan fingerprint density at radius 1 is 1.35 bits per heavy atom. The zero-order valence-electron chi connectivity index (χ0n) is 15.3. The summed E-state index contributed by atoms with van der Waals surface area (Å²) in [5, 5.41) is 3.39. The van der Waals surface area contributed by atoms with E-state index in [0.29, 0.717) is 24.9 Å². The summed E-state index contributed by atoms with van der Waals surface area (Å²) in [7, 11) is -1.32. The molecule has 1 N–H and O–H groups in total. The number of sulfonamides is 1. The highest BCUT2D eigenvalue weighted by Crippen LogP contribution is 2.19. The smallest absolute Gasteiger partial charge is 0.213 e. The molecule has 2 unspecified atom stereocenters. The van der Waals surface area contributed by atoms with E-state index in [9.17, 15) is 8.42 Å². The van der Waals surface area contributed by atoms with Gasteiger partial charge < -0.3 is 15.0 Å². The normalized spacial score (nSPS) is 24.8. The van der Waals surface area contributed by atoms with Crippen LogP contribution in [-0.2, 0) is 10.0 Å². The van der Waals surface area contributed by atoms with Crippen molar-refractivity contribution in [1.29, 1.82) is 0 Å². The Hall–Kier alpha value is -1.87. The van der Waals surface area contributed by atoms with E-state index in [-0.39, 0.29) is 6.10 Å². The van der Waals surface area contributed by atoms with Crippen molar-refractivity contribution in [3.05, 3.63) is 24.4 Å². The first kappa shape index (κ1) is 18.9. The van der Waals surface area contributed by atoms with Gasteiger partial charge >= 0.3 is 0 Å². The fourth-order valence-corrected chi connectivity index (χ4v) is 4.36. The van der Waals surface area contributed by atoms with E-state index >= 15 is 0 Å². The van der Waals surface area contributed by atoms with Gasteiger partial charge in [0.05, 0.1) is 12.8 Å². The van der Waals surface area contributed by atoms with Crippen LogP contribution in [0.2, 0.25) is 0 Å². The summed E-state index contributed by atoms with van der Waals surface area (Å²) in [6.07, 6.45) is 4.89. The lowest BCUT2D eigenvalue weighted by Crippen LogP contribution is -2.43. The van der Waals surface area contributed by atoms with Crippen LogP contribution in [-0.4, -0.2) is 80.7 Å². The van der Waals surface area contributed by atoms with Gasteiger partial charge in [0.15, 0.2) is 5.96 Å². The summed E-state index contributed by atoms with van der Waals surface area (Å²) < 4.78 is 30.7. The lowest BCUT2D eigenvalue weighted by Gasteiger charge is -2.23. The van der Waals surface area contributed by atoms with Gasteiger partial charge in [-0.1, -0.05) is 6.07 Å². The van der Waals surface area contributed by atoms with Gasteiger partial charge in [-0.3, -0.25) is 4.99 Å². The predicted octanol–water partition coefficient (Wildman–Crippen LogP) is 0.392. The Morgan fingerprint density at radius 2 is 2.19 bits per heavy atom. The van der Waals surface area contributed by atoms with Crippen LogP contribution in [0.1, 0.15) is 12.8 Å². The third kappa shape index (κ3) is 4.85. The van der Waals surface area contributed by atoms with Crippen molar-refractivity contribution in [3.63, 3.8) is 0 Å². The second kappa shape index (κ2) is 8.22. The molecule has 0 saturated carbocycles. The van der Waals surface area contributed by atoms with Gasteiger partial charge in [-0.15, -0.1) is 0 Å². The topological polar surface area (TPSA) is 87.1 Å². The lowest BCUT2D eigenvalue weighted by atomic mass is 10.1. The first-order valence-electron chi connectivity index (χ1n) is 8.94. The Labute approximate surface area is 155 Å². The Balaban J connectivity index is 1.46. The molecule has 2 aliphatic rings. The molecule has 0 bridgehead atoms. The molecule has 3 heterocycles. The summed E-state index contributed by atoms with van der Waals surface area (Å²) in [5.74, 6) is 1.80. The number of ether oxygens (including phenoxy) is 1. The average Bonchev–Trinajstić information content (AvgIpc) is 3.26.